The summed E-state index contributed by atoms with van der Waals surface area (Å²) in [5.41, 5.74) is 0. The Kier molecular flexibility index (Phi) is 4.15. The molecule has 0 bridgehead atoms. The van der Waals surface area contributed by atoms with Crippen molar-refractivity contribution in [1.82, 2.24) is 20.2 Å². The van der Waals surface area contributed by atoms with E-state index in [0.717, 1.165) is 17.5 Å². The van der Waals surface area contributed by atoms with E-state index in [-0.39, 0.29) is 0 Å². The predicted octanol–water partition coefficient (Wildman–Crippen LogP) is 2.45. The number of hydrogen-bond donors (Lipinski definition) is 0. The van der Waals surface area contributed by atoms with E-state index in [0.29, 0.717) is 12.1 Å². The van der Waals surface area contributed by atoms with Crippen LogP contribution in [0.25, 0.3) is 0 Å². The first-order chi connectivity index (χ1) is 8.93. The van der Waals surface area contributed by atoms with Crippen LogP contribution in [0, 0.1) is 0 Å². The molecule has 1 aliphatic carbocycles. The summed E-state index contributed by atoms with van der Waals surface area (Å²) in [6.45, 7) is 0.915. The number of ether oxygens (including phenoxy) is 1. The molecule has 0 radical (unpaired) electrons. The highest BCUT2D eigenvalue weighted by Crippen LogP contribution is 2.32. The average molecular weight is 268 g/mol. The van der Waals surface area contributed by atoms with E-state index < -0.39 is 0 Å². The van der Waals surface area contributed by atoms with Crippen LogP contribution in [0.1, 0.15) is 51.0 Å². The van der Waals surface area contributed by atoms with Crippen LogP contribution in [0.4, 0.5) is 0 Å². The molecule has 3 rings (SSSR count). The van der Waals surface area contributed by atoms with Crippen molar-refractivity contribution >= 4 is 11.8 Å². The van der Waals surface area contributed by atoms with Crippen LogP contribution in [-0.4, -0.2) is 38.7 Å². The third-order valence-electron chi connectivity index (χ3n) is 3.81. The summed E-state index contributed by atoms with van der Waals surface area (Å²) in [6, 6.07) is 0.523. The molecular weight excluding hydrogens is 248 g/mol. The SMILES string of the molecule is C1CCC(CSc2nnnn2C2CCCC2)OC1. The molecule has 1 aromatic rings. The molecule has 1 saturated carbocycles. The summed E-state index contributed by atoms with van der Waals surface area (Å²) < 4.78 is 7.77. The number of nitrogens with zero attached hydrogens (tertiary/aromatic N) is 4. The lowest BCUT2D eigenvalue weighted by Gasteiger charge is -2.22. The second-order valence-corrected chi connectivity index (χ2v) is 6.13. The van der Waals surface area contributed by atoms with Crippen LogP contribution in [0.3, 0.4) is 0 Å². The van der Waals surface area contributed by atoms with Gasteiger partial charge in [0, 0.05) is 12.4 Å². The molecule has 1 atom stereocenters. The lowest BCUT2D eigenvalue weighted by atomic mass is 10.1. The van der Waals surface area contributed by atoms with Gasteiger partial charge in [0.05, 0.1) is 12.1 Å². The van der Waals surface area contributed by atoms with Gasteiger partial charge in [-0.15, -0.1) is 5.10 Å². The molecule has 0 amide bonds. The standard InChI is InChI=1S/C12H20N4OS/c1-2-6-10(5-1)16-12(13-14-15-16)18-9-11-7-3-4-8-17-11/h10-11H,1-9H2. The van der Waals surface area contributed by atoms with Gasteiger partial charge in [-0.25, -0.2) is 4.68 Å². The number of aromatic nitrogens is 4. The van der Waals surface area contributed by atoms with Crippen molar-refractivity contribution < 1.29 is 4.74 Å². The van der Waals surface area contributed by atoms with E-state index in [1.54, 1.807) is 11.8 Å². The molecule has 0 aromatic carbocycles. The minimum absolute atomic E-state index is 0.387. The normalized spacial score (nSPS) is 25.7. The van der Waals surface area contributed by atoms with Crippen molar-refractivity contribution in [1.29, 1.82) is 0 Å². The highest BCUT2D eigenvalue weighted by Gasteiger charge is 2.22. The number of hydrogen-bond acceptors (Lipinski definition) is 5. The van der Waals surface area contributed by atoms with Crippen LogP contribution in [-0.2, 0) is 4.74 Å². The smallest absolute Gasteiger partial charge is 0.209 e. The third kappa shape index (κ3) is 2.85. The molecule has 0 spiro atoms. The zero-order chi connectivity index (χ0) is 12.2. The number of tetrazole rings is 1. The van der Waals surface area contributed by atoms with Crippen molar-refractivity contribution in [3.8, 4) is 0 Å². The fourth-order valence-electron chi connectivity index (χ4n) is 2.76. The van der Waals surface area contributed by atoms with Crippen LogP contribution in [0.15, 0.2) is 5.16 Å². The molecule has 100 valence electrons. The Morgan fingerprint density at radius 1 is 1.17 bits per heavy atom. The van der Waals surface area contributed by atoms with E-state index >= 15 is 0 Å². The Bertz CT molecular complexity index is 372. The maximum absolute atomic E-state index is 5.74. The predicted molar refractivity (Wildman–Crippen MR) is 69.6 cm³/mol. The van der Waals surface area contributed by atoms with Crippen molar-refractivity contribution in [3.05, 3.63) is 0 Å². The van der Waals surface area contributed by atoms with Gasteiger partial charge in [0.25, 0.3) is 0 Å². The quantitative estimate of drug-likeness (QED) is 0.785. The van der Waals surface area contributed by atoms with E-state index in [9.17, 15) is 0 Å². The molecular formula is C12H20N4OS. The van der Waals surface area contributed by atoms with E-state index in [1.165, 1.54) is 44.9 Å². The largest absolute Gasteiger partial charge is 0.377 e. The molecule has 2 aliphatic rings. The van der Waals surface area contributed by atoms with Gasteiger partial charge < -0.3 is 4.74 Å². The molecule has 6 heteroatoms. The maximum Gasteiger partial charge on any atom is 0.209 e. The molecule has 2 fully saturated rings. The Morgan fingerprint density at radius 3 is 2.78 bits per heavy atom. The fraction of sp³-hybridized carbons (Fsp3) is 0.917. The molecule has 1 saturated heterocycles. The first-order valence-electron chi connectivity index (χ1n) is 6.96. The third-order valence-corrected chi connectivity index (χ3v) is 4.87. The zero-order valence-electron chi connectivity index (χ0n) is 10.6. The number of rotatable bonds is 4. The Labute approximate surface area is 112 Å². The van der Waals surface area contributed by atoms with Crippen molar-refractivity contribution in [2.45, 2.75) is 62.2 Å². The van der Waals surface area contributed by atoms with E-state index in [4.69, 9.17) is 4.74 Å². The average Bonchev–Trinajstić information content (AvgIpc) is 3.08. The first kappa shape index (κ1) is 12.4. The van der Waals surface area contributed by atoms with E-state index in [2.05, 4.69) is 15.5 Å². The zero-order valence-corrected chi connectivity index (χ0v) is 11.4. The summed E-state index contributed by atoms with van der Waals surface area (Å²) in [5.74, 6) is 0.979. The molecule has 1 aliphatic heterocycles. The Balaban J connectivity index is 1.56. The monoisotopic (exact) mass is 268 g/mol. The van der Waals surface area contributed by atoms with Gasteiger partial charge in [-0.2, -0.15) is 0 Å². The molecule has 2 heterocycles. The van der Waals surface area contributed by atoms with Gasteiger partial charge in [-0.3, -0.25) is 0 Å². The lowest BCUT2D eigenvalue weighted by Crippen LogP contribution is -2.21. The van der Waals surface area contributed by atoms with Crippen LogP contribution in [0.5, 0.6) is 0 Å². The van der Waals surface area contributed by atoms with Gasteiger partial charge >= 0.3 is 0 Å². The number of thioether (sulfide) groups is 1. The molecule has 5 nitrogen and oxygen atoms in total. The summed E-state index contributed by atoms with van der Waals surface area (Å²) in [4.78, 5) is 0. The summed E-state index contributed by atoms with van der Waals surface area (Å²) >= 11 is 1.75. The van der Waals surface area contributed by atoms with Gasteiger partial charge in [0.15, 0.2) is 0 Å². The second-order valence-electron chi connectivity index (χ2n) is 5.14. The van der Waals surface area contributed by atoms with E-state index in [1.807, 2.05) is 4.68 Å². The maximum atomic E-state index is 5.74. The van der Waals surface area contributed by atoms with Crippen molar-refractivity contribution in [3.63, 3.8) is 0 Å². The van der Waals surface area contributed by atoms with Crippen molar-refractivity contribution in [2.75, 3.05) is 12.4 Å². The molecule has 1 unspecified atom stereocenters. The van der Waals surface area contributed by atoms with Crippen molar-refractivity contribution in [2.24, 2.45) is 0 Å². The van der Waals surface area contributed by atoms with Gasteiger partial charge in [-0.05, 0) is 42.5 Å². The summed E-state index contributed by atoms with van der Waals surface area (Å²) in [5, 5.41) is 13.1. The first-order valence-corrected chi connectivity index (χ1v) is 7.94. The van der Waals surface area contributed by atoms with Crippen LogP contribution >= 0.6 is 11.8 Å². The van der Waals surface area contributed by atoms with Gasteiger partial charge in [0.2, 0.25) is 5.16 Å². The van der Waals surface area contributed by atoms with Crippen LogP contribution in [0.2, 0.25) is 0 Å². The summed E-state index contributed by atoms with van der Waals surface area (Å²) in [6.07, 6.45) is 9.12. The highest BCUT2D eigenvalue weighted by molar-refractivity contribution is 7.99. The highest BCUT2D eigenvalue weighted by atomic mass is 32.2. The topological polar surface area (TPSA) is 52.8 Å². The molecule has 18 heavy (non-hydrogen) atoms. The Hall–Kier alpha value is -0.620. The minimum atomic E-state index is 0.387. The van der Waals surface area contributed by atoms with Crippen LogP contribution < -0.4 is 0 Å². The summed E-state index contributed by atoms with van der Waals surface area (Å²) in [7, 11) is 0. The fourth-order valence-corrected chi connectivity index (χ4v) is 3.77. The molecule has 1 aromatic heterocycles. The second kappa shape index (κ2) is 6.02. The van der Waals surface area contributed by atoms with Gasteiger partial charge in [-0.1, -0.05) is 24.6 Å². The molecule has 0 N–H and O–H groups in total. The van der Waals surface area contributed by atoms with Gasteiger partial charge in [0.1, 0.15) is 0 Å². The minimum Gasteiger partial charge on any atom is -0.377 e. The lowest BCUT2D eigenvalue weighted by molar-refractivity contribution is 0.0315. The Morgan fingerprint density at radius 2 is 2.00 bits per heavy atom.